The molecule has 1 aromatic carbocycles. The van der Waals surface area contributed by atoms with Gasteiger partial charge in [-0.05, 0) is 26.0 Å². The number of carbonyl (C=O) groups is 1. The molecule has 0 saturated carbocycles. The average molecular weight is 263 g/mol. The molecule has 1 amide bonds. The van der Waals surface area contributed by atoms with Crippen molar-refractivity contribution in [3.8, 4) is 0 Å². The number of ether oxygens (including phenoxy) is 1. The Morgan fingerprint density at radius 2 is 1.89 bits per heavy atom. The maximum Gasteiger partial charge on any atom is 0.230 e. The Hall–Kier alpha value is -1.39. The van der Waals surface area contributed by atoms with E-state index in [0.717, 1.165) is 25.3 Å². The molecule has 1 fully saturated rings. The van der Waals surface area contributed by atoms with Gasteiger partial charge in [0.25, 0.3) is 0 Å². The topological polar surface area (TPSA) is 42.8 Å². The number of hydrogen-bond acceptors (Lipinski definition) is 2. The summed E-state index contributed by atoms with van der Waals surface area (Å²) in [5.41, 5.74) is 0.867. The van der Waals surface area contributed by atoms with Gasteiger partial charge in [-0.25, -0.2) is 0 Å². The van der Waals surface area contributed by atoms with Crippen molar-refractivity contribution in [1.82, 2.24) is 0 Å². The van der Waals surface area contributed by atoms with E-state index in [1.54, 1.807) is 0 Å². The molecular formula is C15H23N2O2+. The second-order valence-corrected chi connectivity index (χ2v) is 5.33. The van der Waals surface area contributed by atoms with Gasteiger partial charge in [0.2, 0.25) is 5.91 Å². The Morgan fingerprint density at radius 1 is 1.26 bits per heavy atom. The predicted octanol–water partition coefficient (Wildman–Crippen LogP) is 0.707. The number of anilines is 1. The Balaban J connectivity index is 1.74. The van der Waals surface area contributed by atoms with Crippen LogP contribution in [0.3, 0.4) is 0 Å². The Labute approximate surface area is 114 Å². The van der Waals surface area contributed by atoms with E-state index in [-0.39, 0.29) is 18.1 Å². The van der Waals surface area contributed by atoms with Crippen LogP contribution in [0.4, 0.5) is 5.69 Å². The number of nitrogens with one attached hydrogen (secondary N) is 2. The summed E-state index contributed by atoms with van der Waals surface area (Å²) in [6, 6.07) is 9.60. The highest BCUT2D eigenvalue weighted by Gasteiger charge is 2.25. The molecule has 0 bridgehead atoms. The number of carbonyl (C=O) groups excluding carboxylic acids is 1. The highest BCUT2D eigenvalue weighted by molar-refractivity contribution is 5.90. The fourth-order valence-electron chi connectivity index (χ4n) is 2.63. The third-order valence-electron chi connectivity index (χ3n) is 3.38. The summed E-state index contributed by atoms with van der Waals surface area (Å²) in [5.74, 6) is 0.0884. The van der Waals surface area contributed by atoms with E-state index in [4.69, 9.17) is 4.74 Å². The van der Waals surface area contributed by atoms with E-state index in [1.165, 1.54) is 4.90 Å². The molecule has 0 aliphatic carbocycles. The SMILES string of the molecule is C[C@H]1C[NH+](CCC(=O)Nc2ccccc2)C[C@H](C)O1. The lowest BCUT2D eigenvalue weighted by Crippen LogP contribution is -3.15. The van der Waals surface area contributed by atoms with Crippen molar-refractivity contribution >= 4 is 11.6 Å². The lowest BCUT2D eigenvalue weighted by atomic mass is 10.2. The number of rotatable bonds is 4. The number of amides is 1. The van der Waals surface area contributed by atoms with E-state index in [9.17, 15) is 4.79 Å². The summed E-state index contributed by atoms with van der Waals surface area (Å²) in [6.45, 7) is 7.04. The molecule has 1 aromatic rings. The zero-order chi connectivity index (χ0) is 13.7. The third kappa shape index (κ3) is 4.65. The van der Waals surface area contributed by atoms with E-state index < -0.39 is 0 Å². The number of para-hydroxylation sites is 1. The van der Waals surface area contributed by atoms with Crippen molar-refractivity contribution in [2.24, 2.45) is 0 Å². The molecule has 2 atom stereocenters. The summed E-state index contributed by atoms with van der Waals surface area (Å²) in [4.78, 5) is 13.3. The zero-order valence-electron chi connectivity index (χ0n) is 11.7. The molecular weight excluding hydrogens is 240 g/mol. The standard InChI is InChI=1S/C15H22N2O2/c1-12-10-17(11-13(2)19-12)9-8-15(18)16-14-6-4-3-5-7-14/h3-7,12-13H,8-11H2,1-2H3,(H,16,18)/p+1/t12-,13-/m0/s1. The first-order valence-electron chi connectivity index (χ1n) is 6.97. The highest BCUT2D eigenvalue weighted by Crippen LogP contribution is 2.05. The van der Waals surface area contributed by atoms with Crippen molar-refractivity contribution < 1.29 is 14.4 Å². The van der Waals surface area contributed by atoms with E-state index in [1.807, 2.05) is 30.3 Å². The molecule has 1 aliphatic rings. The number of quaternary nitrogens is 1. The first kappa shape index (κ1) is 14.0. The summed E-state index contributed by atoms with van der Waals surface area (Å²) < 4.78 is 5.70. The quantitative estimate of drug-likeness (QED) is 0.840. The van der Waals surface area contributed by atoms with Gasteiger partial charge in [-0.1, -0.05) is 18.2 Å². The number of hydrogen-bond donors (Lipinski definition) is 2. The van der Waals surface area contributed by atoms with Crippen molar-refractivity contribution in [3.63, 3.8) is 0 Å². The van der Waals surface area contributed by atoms with Crippen LogP contribution in [0.5, 0.6) is 0 Å². The van der Waals surface area contributed by atoms with E-state index in [2.05, 4.69) is 19.2 Å². The van der Waals surface area contributed by atoms with Gasteiger partial charge in [-0.3, -0.25) is 4.79 Å². The van der Waals surface area contributed by atoms with Crippen LogP contribution in [0.15, 0.2) is 30.3 Å². The van der Waals surface area contributed by atoms with Crippen LogP contribution in [0, 0.1) is 0 Å². The molecule has 4 nitrogen and oxygen atoms in total. The second-order valence-electron chi connectivity index (χ2n) is 5.33. The summed E-state index contributed by atoms with van der Waals surface area (Å²) in [7, 11) is 0. The summed E-state index contributed by atoms with van der Waals surface area (Å²) in [6.07, 6.45) is 1.13. The molecule has 2 N–H and O–H groups in total. The number of morpholine rings is 1. The van der Waals surface area contributed by atoms with Gasteiger partial charge in [-0.15, -0.1) is 0 Å². The van der Waals surface area contributed by atoms with Crippen molar-refractivity contribution in [2.75, 3.05) is 25.0 Å². The van der Waals surface area contributed by atoms with Gasteiger partial charge in [0.15, 0.2) is 0 Å². The molecule has 1 saturated heterocycles. The van der Waals surface area contributed by atoms with Crippen LogP contribution < -0.4 is 10.2 Å². The largest absolute Gasteiger partial charge is 0.364 e. The van der Waals surface area contributed by atoms with Gasteiger partial charge < -0.3 is 15.0 Å². The van der Waals surface area contributed by atoms with Gasteiger partial charge in [0.05, 0.1) is 13.0 Å². The number of benzene rings is 1. The Morgan fingerprint density at radius 3 is 2.53 bits per heavy atom. The zero-order valence-corrected chi connectivity index (χ0v) is 11.7. The lowest BCUT2D eigenvalue weighted by Gasteiger charge is -2.32. The monoisotopic (exact) mass is 263 g/mol. The Kier molecular flexibility index (Phi) is 4.93. The third-order valence-corrected chi connectivity index (χ3v) is 3.38. The smallest absolute Gasteiger partial charge is 0.230 e. The molecule has 1 heterocycles. The van der Waals surface area contributed by atoms with Crippen LogP contribution >= 0.6 is 0 Å². The molecule has 104 valence electrons. The lowest BCUT2D eigenvalue weighted by molar-refractivity contribution is -0.914. The van der Waals surface area contributed by atoms with Gasteiger partial charge >= 0.3 is 0 Å². The van der Waals surface area contributed by atoms with Gasteiger partial charge in [-0.2, -0.15) is 0 Å². The van der Waals surface area contributed by atoms with Crippen molar-refractivity contribution in [3.05, 3.63) is 30.3 Å². The molecule has 0 aromatic heterocycles. The minimum absolute atomic E-state index is 0.0884. The van der Waals surface area contributed by atoms with Gasteiger partial charge in [0.1, 0.15) is 25.3 Å². The molecule has 4 heteroatoms. The molecule has 19 heavy (non-hydrogen) atoms. The first-order chi connectivity index (χ1) is 9.13. The maximum absolute atomic E-state index is 11.9. The van der Waals surface area contributed by atoms with Crippen molar-refractivity contribution in [2.45, 2.75) is 32.5 Å². The summed E-state index contributed by atoms with van der Waals surface area (Å²) in [5, 5.41) is 2.92. The first-order valence-corrected chi connectivity index (χ1v) is 6.97. The predicted molar refractivity (Wildman–Crippen MR) is 75.3 cm³/mol. The van der Waals surface area contributed by atoms with Crippen LogP contribution in [-0.4, -0.2) is 37.7 Å². The second kappa shape index (κ2) is 6.68. The summed E-state index contributed by atoms with van der Waals surface area (Å²) >= 11 is 0. The van der Waals surface area contributed by atoms with Crippen LogP contribution in [0.2, 0.25) is 0 Å². The van der Waals surface area contributed by atoms with Gasteiger partial charge in [0, 0.05) is 5.69 Å². The fourth-order valence-corrected chi connectivity index (χ4v) is 2.63. The van der Waals surface area contributed by atoms with Crippen LogP contribution in [0.25, 0.3) is 0 Å². The molecule has 2 rings (SSSR count). The van der Waals surface area contributed by atoms with E-state index >= 15 is 0 Å². The maximum atomic E-state index is 11.9. The molecule has 0 radical (unpaired) electrons. The Bertz CT molecular complexity index is 398. The van der Waals surface area contributed by atoms with Crippen LogP contribution in [-0.2, 0) is 9.53 Å². The average Bonchev–Trinajstić information content (AvgIpc) is 2.36. The molecule has 1 aliphatic heterocycles. The normalized spacial score (nSPS) is 26.9. The van der Waals surface area contributed by atoms with Crippen LogP contribution in [0.1, 0.15) is 20.3 Å². The highest BCUT2D eigenvalue weighted by atomic mass is 16.5. The molecule has 0 spiro atoms. The molecule has 0 unspecified atom stereocenters. The van der Waals surface area contributed by atoms with Crippen molar-refractivity contribution in [1.29, 1.82) is 0 Å². The minimum atomic E-state index is 0.0884. The minimum Gasteiger partial charge on any atom is -0.364 e. The fraction of sp³-hybridized carbons (Fsp3) is 0.533. The van der Waals surface area contributed by atoms with E-state index in [0.29, 0.717) is 6.42 Å².